The Labute approximate surface area is 109 Å². The molecule has 92 valence electrons. The van der Waals surface area contributed by atoms with Gasteiger partial charge in [0, 0.05) is 16.6 Å². The molecule has 1 unspecified atom stereocenters. The van der Waals surface area contributed by atoms with Gasteiger partial charge < -0.3 is 5.11 Å². The van der Waals surface area contributed by atoms with Gasteiger partial charge in [-0.3, -0.25) is 0 Å². The molecule has 0 radical (unpaired) electrons. The molecule has 1 nitrogen and oxygen atoms in total. The van der Waals surface area contributed by atoms with E-state index in [1.165, 1.54) is 5.56 Å². The Hall–Kier alpha value is -0.910. The number of aliphatic hydroxyl groups is 1. The number of rotatable bonds is 4. The van der Waals surface area contributed by atoms with Crippen molar-refractivity contribution in [3.05, 3.63) is 35.4 Å². The summed E-state index contributed by atoms with van der Waals surface area (Å²) in [6, 6.07) is 8.25. The Balaban J connectivity index is 2.51. The van der Waals surface area contributed by atoms with Crippen LogP contribution in [-0.4, -0.2) is 17.0 Å². The molecular formula is C15H20OS. The number of hydrogen-bond donors (Lipinski definition) is 1. The predicted octanol–water partition coefficient (Wildman–Crippen LogP) is 3.31. The highest BCUT2D eigenvalue weighted by Crippen LogP contribution is 2.23. The van der Waals surface area contributed by atoms with E-state index in [1.807, 2.05) is 23.9 Å². The van der Waals surface area contributed by atoms with Crippen LogP contribution in [0, 0.1) is 17.8 Å². The monoisotopic (exact) mass is 248 g/mol. The first kappa shape index (κ1) is 14.2. The molecule has 1 N–H and O–H groups in total. The van der Waals surface area contributed by atoms with Gasteiger partial charge in [0.1, 0.15) is 6.61 Å². The zero-order valence-electron chi connectivity index (χ0n) is 10.7. The Morgan fingerprint density at radius 2 is 1.82 bits per heavy atom. The quantitative estimate of drug-likeness (QED) is 0.825. The summed E-state index contributed by atoms with van der Waals surface area (Å²) in [5, 5.41) is 9.29. The summed E-state index contributed by atoms with van der Waals surface area (Å²) >= 11 is 1.99. The minimum absolute atomic E-state index is 0.0799. The van der Waals surface area contributed by atoms with Gasteiger partial charge in [0.2, 0.25) is 0 Å². The van der Waals surface area contributed by atoms with Gasteiger partial charge in [-0.15, -0.1) is 0 Å². The van der Waals surface area contributed by atoms with Crippen LogP contribution < -0.4 is 0 Å². The maximum atomic E-state index is 8.60. The highest BCUT2D eigenvalue weighted by Gasteiger charge is 2.07. The van der Waals surface area contributed by atoms with E-state index < -0.39 is 0 Å². The molecule has 0 amide bonds. The molecule has 0 aliphatic rings. The standard InChI is InChI=1S/C15H20OS/c1-12(2)13(3)17-11-15-8-6-14(7-9-15)5-4-10-16/h6-9,12-13,16H,10-11H2,1-3H3. The molecule has 0 saturated carbocycles. The van der Waals surface area contributed by atoms with Crippen molar-refractivity contribution in [3.63, 3.8) is 0 Å². The topological polar surface area (TPSA) is 20.2 Å². The highest BCUT2D eigenvalue weighted by atomic mass is 32.2. The molecule has 1 atom stereocenters. The predicted molar refractivity (Wildman–Crippen MR) is 76.0 cm³/mol. The van der Waals surface area contributed by atoms with E-state index >= 15 is 0 Å². The summed E-state index contributed by atoms with van der Waals surface area (Å²) in [5.41, 5.74) is 2.29. The SMILES string of the molecule is CC(C)C(C)SCc1ccc(C#CCO)cc1. The van der Waals surface area contributed by atoms with Gasteiger partial charge in [0.15, 0.2) is 0 Å². The number of thioether (sulfide) groups is 1. The fourth-order valence-electron chi connectivity index (χ4n) is 1.25. The smallest absolute Gasteiger partial charge is 0.104 e. The van der Waals surface area contributed by atoms with Crippen LogP contribution in [0.2, 0.25) is 0 Å². The van der Waals surface area contributed by atoms with Crippen molar-refractivity contribution in [2.24, 2.45) is 5.92 Å². The summed E-state index contributed by atoms with van der Waals surface area (Å²) in [7, 11) is 0. The molecule has 0 aliphatic carbocycles. The zero-order valence-corrected chi connectivity index (χ0v) is 11.6. The molecule has 0 fully saturated rings. The molecule has 2 heteroatoms. The highest BCUT2D eigenvalue weighted by molar-refractivity contribution is 7.99. The van der Waals surface area contributed by atoms with Crippen molar-refractivity contribution in [2.45, 2.75) is 31.8 Å². The lowest BCUT2D eigenvalue weighted by Gasteiger charge is -2.14. The first-order chi connectivity index (χ1) is 8.13. The normalized spacial score (nSPS) is 12.1. The molecule has 0 saturated heterocycles. The molecule has 1 rings (SSSR count). The average molecular weight is 248 g/mol. The third kappa shape index (κ3) is 5.30. The third-order valence-electron chi connectivity index (χ3n) is 2.72. The molecule has 0 heterocycles. The van der Waals surface area contributed by atoms with Crippen LogP contribution >= 0.6 is 11.8 Å². The van der Waals surface area contributed by atoms with Gasteiger partial charge in [0.25, 0.3) is 0 Å². The van der Waals surface area contributed by atoms with Crippen molar-refractivity contribution in [3.8, 4) is 11.8 Å². The second kappa shape index (κ2) is 7.42. The van der Waals surface area contributed by atoms with Crippen LogP contribution in [0.5, 0.6) is 0 Å². The largest absolute Gasteiger partial charge is 0.384 e. The summed E-state index contributed by atoms with van der Waals surface area (Å²) in [5.74, 6) is 7.31. The lowest BCUT2D eigenvalue weighted by atomic mass is 10.1. The fourth-order valence-corrected chi connectivity index (χ4v) is 2.28. The van der Waals surface area contributed by atoms with Gasteiger partial charge in [-0.05, 0) is 23.6 Å². The van der Waals surface area contributed by atoms with Gasteiger partial charge in [0.05, 0.1) is 0 Å². The van der Waals surface area contributed by atoms with Gasteiger partial charge in [-0.1, -0.05) is 44.7 Å². The van der Waals surface area contributed by atoms with E-state index in [4.69, 9.17) is 5.11 Å². The van der Waals surface area contributed by atoms with Gasteiger partial charge >= 0.3 is 0 Å². The molecule has 0 aromatic heterocycles. The Morgan fingerprint density at radius 1 is 1.18 bits per heavy atom. The van der Waals surface area contributed by atoms with E-state index in [0.29, 0.717) is 5.25 Å². The van der Waals surface area contributed by atoms with Crippen molar-refractivity contribution < 1.29 is 5.11 Å². The van der Waals surface area contributed by atoms with Crippen molar-refractivity contribution >= 4 is 11.8 Å². The summed E-state index contributed by atoms with van der Waals surface area (Å²) in [6.07, 6.45) is 0. The molecule has 17 heavy (non-hydrogen) atoms. The molecule has 0 spiro atoms. The van der Waals surface area contributed by atoms with Crippen molar-refractivity contribution in [1.29, 1.82) is 0 Å². The van der Waals surface area contributed by atoms with E-state index in [9.17, 15) is 0 Å². The fraction of sp³-hybridized carbons (Fsp3) is 0.467. The average Bonchev–Trinajstić information content (AvgIpc) is 2.34. The lowest BCUT2D eigenvalue weighted by Crippen LogP contribution is -2.05. The van der Waals surface area contributed by atoms with E-state index in [2.05, 4.69) is 44.7 Å². The minimum Gasteiger partial charge on any atom is -0.384 e. The zero-order chi connectivity index (χ0) is 12.7. The van der Waals surface area contributed by atoms with Gasteiger partial charge in [-0.2, -0.15) is 11.8 Å². The van der Waals surface area contributed by atoms with Crippen molar-refractivity contribution in [2.75, 3.05) is 6.61 Å². The molecule has 1 aromatic rings. The summed E-state index contributed by atoms with van der Waals surface area (Å²) in [4.78, 5) is 0. The van der Waals surface area contributed by atoms with Gasteiger partial charge in [-0.25, -0.2) is 0 Å². The summed E-state index contributed by atoms with van der Waals surface area (Å²) in [6.45, 7) is 6.70. The van der Waals surface area contributed by atoms with Crippen molar-refractivity contribution in [1.82, 2.24) is 0 Å². The van der Waals surface area contributed by atoms with E-state index in [0.717, 1.165) is 17.2 Å². The minimum atomic E-state index is -0.0799. The van der Waals surface area contributed by atoms with Crippen LogP contribution in [0.1, 0.15) is 31.9 Å². The van der Waals surface area contributed by atoms with E-state index in [1.54, 1.807) is 0 Å². The first-order valence-electron chi connectivity index (χ1n) is 5.93. The second-order valence-electron chi connectivity index (χ2n) is 4.42. The maximum absolute atomic E-state index is 8.60. The Kier molecular flexibility index (Phi) is 6.18. The lowest BCUT2D eigenvalue weighted by molar-refractivity contribution is 0.350. The van der Waals surface area contributed by atoms with Crippen LogP contribution in [0.15, 0.2) is 24.3 Å². The van der Waals surface area contributed by atoms with E-state index in [-0.39, 0.29) is 6.61 Å². The molecule has 1 aromatic carbocycles. The number of aliphatic hydroxyl groups excluding tert-OH is 1. The molecule has 0 bridgehead atoms. The summed E-state index contributed by atoms with van der Waals surface area (Å²) < 4.78 is 0. The Bertz CT molecular complexity index is 384. The third-order valence-corrected chi connectivity index (χ3v) is 4.29. The maximum Gasteiger partial charge on any atom is 0.104 e. The number of hydrogen-bond acceptors (Lipinski definition) is 2. The number of benzene rings is 1. The van der Waals surface area contributed by atoms with Crippen LogP contribution in [0.4, 0.5) is 0 Å². The molecular weight excluding hydrogens is 228 g/mol. The Morgan fingerprint density at radius 3 is 2.35 bits per heavy atom. The molecule has 0 aliphatic heterocycles. The van der Waals surface area contributed by atoms with Crippen LogP contribution in [0.25, 0.3) is 0 Å². The first-order valence-corrected chi connectivity index (χ1v) is 6.98. The second-order valence-corrected chi connectivity index (χ2v) is 5.78. The van der Waals surface area contributed by atoms with Crippen LogP contribution in [-0.2, 0) is 5.75 Å². The van der Waals surface area contributed by atoms with Crippen LogP contribution in [0.3, 0.4) is 0 Å².